The Balaban J connectivity index is 1.48. The molecule has 24 heavy (non-hydrogen) atoms. The van der Waals surface area contributed by atoms with E-state index in [0.717, 1.165) is 12.0 Å². The lowest BCUT2D eigenvalue weighted by molar-refractivity contribution is -0.125. The standard InChI is InChI=1S/C19H28N2O3/c22-18(14-16-8-3-1-4-9-16)21-15-19(23)20-12-7-13-24-17-10-5-2-6-11-17/h1,3-4,8-9,17H,2,5-7,10-15H2,(H,20,23)(H,21,22). The molecule has 1 aromatic rings. The van der Waals surface area contributed by atoms with Gasteiger partial charge in [0.2, 0.25) is 11.8 Å². The summed E-state index contributed by atoms with van der Waals surface area (Å²) in [6, 6.07) is 9.49. The Kier molecular flexibility index (Phi) is 8.32. The summed E-state index contributed by atoms with van der Waals surface area (Å²) in [7, 11) is 0. The Bertz CT molecular complexity index is 499. The van der Waals surface area contributed by atoms with Gasteiger partial charge in [0, 0.05) is 13.2 Å². The van der Waals surface area contributed by atoms with Crippen LogP contribution in [0.5, 0.6) is 0 Å². The zero-order chi connectivity index (χ0) is 17.0. The number of hydrogen-bond donors (Lipinski definition) is 2. The van der Waals surface area contributed by atoms with Gasteiger partial charge in [-0.1, -0.05) is 49.6 Å². The van der Waals surface area contributed by atoms with Crippen molar-refractivity contribution in [3.8, 4) is 0 Å². The first-order valence-corrected chi connectivity index (χ1v) is 8.93. The van der Waals surface area contributed by atoms with E-state index >= 15 is 0 Å². The summed E-state index contributed by atoms with van der Waals surface area (Å²) >= 11 is 0. The SMILES string of the molecule is O=C(CNC(=O)Cc1ccccc1)NCCCOC1CCCCC1. The Morgan fingerprint density at radius 2 is 1.75 bits per heavy atom. The molecule has 0 heterocycles. The van der Waals surface area contributed by atoms with E-state index in [4.69, 9.17) is 4.74 Å². The molecule has 5 nitrogen and oxygen atoms in total. The zero-order valence-electron chi connectivity index (χ0n) is 14.3. The van der Waals surface area contributed by atoms with E-state index in [1.165, 1.54) is 32.1 Å². The number of carbonyl (C=O) groups is 2. The monoisotopic (exact) mass is 332 g/mol. The van der Waals surface area contributed by atoms with Crippen molar-refractivity contribution in [3.05, 3.63) is 35.9 Å². The largest absolute Gasteiger partial charge is 0.378 e. The van der Waals surface area contributed by atoms with Gasteiger partial charge in [-0.15, -0.1) is 0 Å². The fourth-order valence-electron chi connectivity index (χ4n) is 2.87. The molecule has 0 aromatic heterocycles. The highest BCUT2D eigenvalue weighted by Gasteiger charge is 2.13. The predicted molar refractivity (Wildman–Crippen MR) is 93.6 cm³/mol. The molecule has 0 spiro atoms. The molecule has 1 aliphatic carbocycles. The second-order valence-corrected chi connectivity index (χ2v) is 6.27. The van der Waals surface area contributed by atoms with E-state index in [2.05, 4.69) is 10.6 Å². The molecule has 1 saturated carbocycles. The Hall–Kier alpha value is -1.88. The van der Waals surface area contributed by atoms with Crippen molar-refractivity contribution in [2.24, 2.45) is 0 Å². The summed E-state index contributed by atoms with van der Waals surface area (Å²) in [5, 5.41) is 5.45. The van der Waals surface area contributed by atoms with Gasteiger partial charge in [0.25, 0.3) is 0 Å². The van der Waals surface area contributed by atoms with Crippen LogP contribution in [-0.4, -0.2) is 37.6 Å². The Labute approximate surface area is 144 Å². The third-order valence-electron chi connectivity index (χ3n) is 4.20. The van der Waals surface area contributed by atoms with E-state index in [0.29, 0.717) is 25.7 Å². The van der Waals surface area contributed by atoms with Crippen LogP contribution in [-0.2, 0) is 20.7 Å². The summed E-state index contributed by atoms with van der Waals surface area (Å²) in [5.74, 6) is -0.300. The van der Waals surface area contributed by atoms with Crippen molar-refractivity contribution in [2.75, 3.05) is 19.7 Å². The van der Waals surface area contributed by atoms with E-state index < -0.39 is 0 Å². The lowest BCUT2D eigenvalue weighted by Crippen LogP contribution is -2.38. The molecule has 2 N–H and O–H groups in total. The minimum absolute atomic E-state index is 0.0230. The normalized spacial score (nSPS) is 15.0. The molecular weight excluding hydrogens is 304 g/mol. The van der Waals surface area contributed by atoms with Crippen LogP contribution in [0, 0.1) is 0 Å². The molecule has 0 unspecified atom stereocenters. The molecular formula is C19H28N2O3. The minimum atomic E-state index is -0.158. The molecule has 0 aliphatic heterocycles. The quantitative estimate of drug-likeness (QED) is 0.681. The molecule has 0 atom stereocenters. The third kappa shape index (κ3) is 7.59. The van der Waals surface area contributed by atoms with Gasteiger partial charge in [-0.25, -0.2) is 0 Å². The molecule has 0 saturated heterocycles. The maximum Gasteiger partial charge on any atom is 0.239 e. The molecule has 2 amide bonds. The lowest BCUT2D eigenvalue weighted by Gasteiger charge is -2.21. The van der Waals surface area contributed by atoms with E-state index in [1.54, 1.807) is 0 Å². The van der Waals surface area contributed by atoms with Crippen molar-refractivity contribution in [1.29, 1.82) is 0 Å². The van der Waals surface area contributed by atoms with Gasteiger partial charge in [0.15, 0.2) is 0 Å². The smallest absolute Gasteiger partial charge is 0.239 e. The first kappa shape index (κ1) is 18.5. The van der Waals surface area contributed by atoms with Crippen molar-refractivity contribution < 1.29 is 14.3 Å². The zero-order valence-corrected chi connectivity index (χ0v) is 14.3. The molecule has 0 bridgehead atoms. The first-order chi connectivity index (χ1) is 11.7. The van der Waals surface area contributed by atoms with Crippen LogP contribution in [0.4, 0.5) is 0 Å². The maximum absolute atomic E-state index is 11.8. The maximum atomic E-state index is 11.8. The van der Waals surface area contributed by atoms with Crippen LogP contribution in [0.1, 0.15) is 44.1 Å². The lowest BCUT2D eigenvalue weighted by atomic mass is 9.98. The molecule has 1 aromatic carbocycles. The fourth-order valence-corrected chi connectivity index (χ4v) is 2.87. The third-order valence-corrected chi connectivity index (χ3v) is 4.20. The number of rotatable bonds is 9. The Morgan fingerprint density at radius 1 is 1.00 bits per heavy atom. The van der Waals surface area contributed by atoms with Crippen LogP contribution in [0.15, 0.2) is 30.3 Å². The van der Waals surface area contributed by atoms with Gasteiger partial charge in [-0.2, -0.15) is 0 Å². The van der Waals surface area contributed by atoms with Crippen LogP contribution in [0.3, 0.4) is 0 Å². The highest BCUT2D eigenvalue weighted by Crippen LogP contribution is 2.20. The van der Waals surface area contributed by atoms with Gasteiger partial charge in [0.1, 0.15) is 0 Å². The number of hydrogen-bond acceptors (Lipinski definition) is 3. The highest BCUT2D eigenvalue weighted by atomic mass is 16.5. The van der Waals surface area contributed by atoms with Crippen molar-refractivity contribution in [2.45, 2.75) is 51.0 Å². The van der Waals surface area contributed by atoms with Gasteiger partial charge in [-0.05, 0) is 24.8 Å². The molecule has 2 rings (SSSR count). The second kappa shape index (κ2) is 10.8. The average molecular weight is 332 g/mol. The van der Waals surface area contributed by atoms with E-state index in [1.807, 2.05) is 30.3 Å². The van der Waals surface area contributed by atoms with Crippen LogP contribution in [0.2, 0.25) is 0 Å². The predicted octanol–water partition coefficient (Wildman–Crippen LogP) is 2.20. The number of carbonyl (C=O) groups excluding carboxylic acids is 2. The number of benzene rings is 1. The summed E-state index contributed by atoms with van der Waals surface area (Å²) in [4.78, 5) is 23.5. The van der Waals surface area contributed by atoms with Crippen LogP contribution in [0.25, 0.3) is 0 Å². The van der Waals surface area contributed by atoms with Gasteiger partial charge >= 0.3 is 0 Å². The summed E-state index contributed by atoms with van der Waals surface area (Å²) < 4.78 is 5.81. The average Bonchev–Trinajstić information content (AvgIpc) is 2.61. The molecule has 1 fully saturated rings. The number of ether oxygens (including phenoxy) is 1. The van der Waals surface area contributed by atoms with Gasteiger partial charge in [-0.3, -0.25) is 9.59 Å². The minimum Gasteiger partial charge on any atom is -0.378 e. The van der Waals surface area contributed by atoms with Crippen LogP contribution >= 0.6 is 0 Å². The molecule has 132 valence electrons. The van der Waals surface area contributed by atoms with Crippen molar-refractivity contribution in [3.63, 3.8) is 0 Å². The number of nitrogens with one attached hydrogen (secondary N) is 2. The highest BCUT2D eigenvalue weighted by molar-refractivity contribution is 5.85. The van der Waals surface area contributed by atoms with Crippen LogP contribution < -0.4 is 10.6 Å². The Morgan fingerprint density at radius 3 is 2.50 bits per heavy atom. The molecule has 5 heteroatoms. The second-order valence-electron chi connectivity index (χ2n) is 6.27. The summed E-state index contributed by atoms with van der Waals surface area (Å²) in [6.07, 6.45) is 7.70. The van der Waals surface area contributed by atoms with Gasteiger partial charge in [0.05, 0.1) is 19.1 Å². The molecule has 0 radical (unpaired) electrons. The first-order valence-electron chi connectivity index (χ1n) is 8.93. The summed E-state index contributed by atoms with van der Waals surface area (Å²) in [6.45, 7) is 1.29. The van der Waals surface area contributed by atoms with Gasteiger partial charge < -0.3 is 15.4 Å². The van der Waals surface area contributed by atoms with Crippen molar-refractivity contribution >= 4 is 11.8 Å². The number of amides is 2. The van der Waals surface area contributed by atoms with E-state index in [9.17, 15) is 9.59 Å². The summed E-state index contributed by atoms with van der Waals surface area (Å²) in [5.41, 5.74) is 0.940. The molecule has 1 aliphatic rings. The topological polar surface area (TPSA) is 67.4 Å². The van der Waals surface area contributed by atoms with Crippen molar-refractivity contribution in [1.82, 2.24) is 10.6 Å². The van der Waals surface area contributed by atoms with E-state index in [-0.39, 0.29) is 18.4 Å². The fraction of sp³-hybridized carbons (Fsp3) is 0.579.